The Morgan fingerprint density at radius 3 is 2.52 bits per heavy atom. The zero-order valence-electron chi connectivity index (χ0n) is 17.9. The summed E-state index contributed by atoms with van der Waals surface area (Å²) in [6.45, 7) is 7.25. The van der Waals surface area contributed by atoms with Gasteiger partial charge in [-0.05, 0) is 51.8 Å². The summed E-state index contributed by atoms with van der Waals surface area (Å²) in [4.78, 5) is 15.6. The molecule has 0 bridgehead atoms. The topological polar surface area (TPSA) is 132 Å². The minimum Gasteiger partial charge on any atom is -0.393 e. The summed E-state index contributed by atoms with van der Waals surface area (Å²) < 4.78 is 0. The van der Waals surface area contributed by atoms with Crippen LogP contribution in [0.4, 0.5) is 23.4 Å². The first-order valence-corrected chi connectivity index (χ1v) is 10.5. The Labute approximate surface area is 180 Å². The maximum atomic E-state index is 9.95. The van der Waals surface area contributed by atoms with E-state index in [0.29, 0.717) is 28.8 Å². The van der Waals surface area contributed by atoms with Crippen LogP contribution < -0.4 is 15.5 Å². The van der Waals surface area contributed by atoms with E-state index in [0.717, 1.165) is 37.1 Å². The van der Waals surface area contributed by atoms with Crippen molar-refractivity contribution >= 4 is 34.3 Å². The summed E-state index contributed by atoms with van der Waals surface area (Å²) >= 11 is 0. The van der Waals surface area contributed by atoms with Crippen LogP contribution >= 0.6 is 0 Å². The molecule has 0 aromatic carbocycles. The highest BCUT2D eigenvalue weighted by Gasteiger charge is 2.18. The summed E-state index contributed by atoms with van der Waals surface area (Å²) in [6.07, 6.45) is 2.27. The first-order chi connectivity index (χ1) is 14.9. The third-order valence-electron chi connectivity index (χ3n) is 5.12. The molecule has 4 N–H and O–H groups in total. The number of anilines is 4. The van der Waals surface area contributed by atoms with Gasteiger partial charge in [0.25, 0.3) is 0 Å². The van der Waals surface area contributed by atoms with Crippen molar-refractivity contribution in [2.45, 2.75) is 51.9 Å². The molecule has 0 aliphatic carbocycles. The van der Waals surface area contributed by atoms with Gasteiger partial charge in [-0.1, -0.05) is 0 Å². The van der Waals surface area contributed by atoms with E-state index in [4.69, 9.17) is 0 Å². The molecule has 3 aromatic rings. The lowest BCUT2D eigenvalue weighted by Crippen LogP contribution is -2.36. The molecule has 1 saturated heterocycles. The molecule has 10 nitrogen and oxygen atoms in total. The van der Waals surface area contributed by atoms with Gasteiger partial charge in [0.2, 0.25) is 5.95 Å². The van der Waals surface area contributed by atoms with Crippen LogP contribution in [0.1, 0.15) is 45.4 Å². The molecule has 0 unspecified atom stereocenters. The van der Waals surface area contributed by atoms with E-state index in [1.165, 1.54) is 0 Å². The minimum atomic E-state index is -0.688. The van der Waals surface area contributed by atoms with Crippen molar-refractivity contribution in [1.82, 2.24) is 25.1 Å². The molecule has 164 valence electrons. The Morgan fingerprint density at radius 1 is 1.10 bits per heavy atom. The third-order valence-corrected chi connectivity index (χ3v) is 5.12. The highest BCUT2D eigenvalue weighted by atomic mass is 16.3. The van der Waals surface area contributed by atoms with Crippen molar-refractivity contribution in [3.8, 4) is 0 Å². The molecule has 1 aliphatic rings. The second-order valence-electron chi connectivity index (χ2n) is 8.12. The first-order valence-electron chi connectivity index (χ1n) is 10.5. The third kappa shape index (κ3) is 4.97. The predicted octanol–water partition coefficient (Wildman–Crippen LogP) is 2.39. The average Bonchev–Trinajstić information content (AvgIpc) is 2.74. The molecular weight excluding hydrogens is 396 g/mol. The number of pyridine rings is 1. The smallest absolute Gasteiger partial charge is 0.229 e. The molecule has 1 aliphatic heterocycles. The van der Waals surface area contributed by atoms with Crippen LogP contribution in [0.15, 0.2) is 24.4 Å². The van der Waals surface area contributed by atoms with Crippen LogP contribution in [0.5, 0.6) is 0 Å². The molecule has 0 saturated carbocycles. The molecular formula is C21H28N8O2. The van der Waals surface area contributed by atoms with Crippen LogP contribution in [0.2, 0.25) is 0 Å². The zero-order chi connectivity index (χ0) is 22.0. The maximum Gasteiger partial charge on any atom is 0.229 e. The van der Waals surface area contributed by atoms with Gasteiger partial charge in [-0.2, -0.15) is 0 Å². The van der Waals surface area contributed by atoms with Gasteiger partial charge in [0, 0.05) is 30.7 Å². The van der Waals surface area contributed by atoms with Crippen LogP contribution in [0, 0.1) is 0 Å². The fourth-order valence-electron chi connectivity index (χ4n) is 3.48. The number of aliphatic hydroxyl groups excluding tert-OH is 2. The number of piperidine rings is 1. The monoisotopic (exact) mass is 424 g/mol. The molecule has 31 heavy (non-hydrogen) atoms. The Hall–Kier alpha value is -3.11. The number of nitrogens with zero attached hydrogens (tertiary/aromatic N) is 6. The highest BCUT2D eigenvalue weighted by molar-refractivity contribution is 5.89. The van der Waals surface area contributed by atoms with Crippen molar-refractivity contribution in [1.29, 1.82) is 0 Å². The Bertz CT molecular complexity index is 1030. The lowest BCUT2D eigenvalue weighted by atomic mass is 10.1. The lowest BCUT2D eigenvalue weighted by molar-refractivity contribution is 0.145. The van der Waals surface area contributed by atoms with Crippen LogP contribution in [0.3, 0.4) is 0 Å². The van der Waals surface area contributed by atoms with E-state index in [9.17, 15) is 10.2 Å². The molecule has 1 fully saturated rings. The fraction of sp³-hybridized carbons (Fsp3) is 0.476. The van der Waals surface area contributed by atoms with E-state index in [1.807, 2.05) is 26.0 Å². The summed E-state index contributed by atoms with van der Waals surface area (Å²) in [5.41, 5.74) is 1.22. The average molecular weight is 425 g/mol. The number of nitrogens with one attached hydrogen (secondary N) is 2. The van der Waals surface area contributed by atoms with Gasteiger partial charge < -0.3 is 25.7 Å². The minimum absolute atomic E-state index is 0.153. The van der Waals surface area contributed by atoms with Crippen LogP contribution in [0.25, 0.3) is 10.9 Å². The van der Waals surface area contributed by atoms with Crippen LogP contribution in [-0.2, 0) is 0 Å². The predicted molar refractivity (Wildman–Crippen MR) is 119 cm³/mol. The quantitative estimate of drug-likeness (QED) is 0.467. The van der Waals surface area contributed by atoms with Gasteiger partial charge >= 0.3 is 0 Å². The Morgan fingerprint density at radius 2 is 1.87 bits per heavy atom. The highest BCUT2D eigenvalue weighted by Crippen LogP contribution is 2.26. The molecule has 10 heteroatoms. The normalized spacial score (nSPS) is 16.0. The molecule has 0 amide bonds. The van der Waals surface area contributed by atoms with Gasteiger partial charge in [-0.15, -0.1) is 10.2 Å². The fourth-order valence-corrected chi connectivity index (χ4v) is 3.48. The van der Waals surface area contributed by atoms with Crippen molar-refractivity contribution in [3.05, 3.63) is 30.1 Å². The second kappa shape index (κ2) is 8.94. The Balaban J connectivity index is 1.56. The molecule has 1 atom stereocenters. The number of aliphatic hydroxyl groups is 2. The standard InChI is InChI=1S/C21H28N8O2/c1-12(2)23-20-19-14(10-16(24-20)13(3)30)11-22-21(26-19)25-17-4-5-18(28-27-17)29-8-6-15(31)7-9-29/h4-5,10-13,15,30-31H,6-9H2,1-3H3,(H,23,24)(H,22,25,26,27)/t13-/m1/s1. The van der Waals surface area contributed by atoms with Gasteiger partial charge in [0.1, 0.15) is 5.52 Å². The second-order valence-corrected chi connectivity index (χ2v) is 8.12. The molecule has 3 aromatic heterocycles. The van der Waals surface area contributed by atoms with E-state index in [-0.39, 0.29) is 12.1 Å². The SMILES string of the molecule is CC(C)Nc1nc([C@@H](C)O)cc2cnc(Nc3ccc(N4CCC(O)CC4)nn3)nc12. The lowest BCUT2D eigenvalue weighted by Gasteiger charge is -2.30. The van der Waals surface area contributed by atoms with Crippen LogP contribution in [-0.4, -0.2) is 60.6 Å². The zero-order valence-corrected chi connectivity index (χ0v) is 17.9. The largest absolute Gasteiger partial charge is 0.393 e. The van der Waals surface area contributed by atoms with E-state index in [2.05, 4.69) is 40.7 Å². The summed E-state index contributed by atoms with van der Waals surface area (Å²) in [5.74, 6) is 2.30. The Kier molecular flexibility index (Phi) is 6.10. The van der Waals surface area contributed by atoms with Gasteiger partial charge in [-0.25, -0.2) is 15.0 Å². The van der Waals surface area contributed by atoms with Crippen molar-refractivity contribution in [2.24, 2.45) is 0 Å². The van der Waals surface area contributed by atoms with Gasteiger partial charge in [0.15, 0.2) is 17.5 Å². The van der Waals surface area contributed by atoms with E-state index < -0.39 is 6.10 Å². The molecule has 0 spiro atoms. The number of hydrogen-bond donors (Lipinski definition) is 4. The molecule has 4 rings (SSSR count). The summed E-state index contributed by atoms with van der Waals surface area (Å²) in [7, 11) is 0. The van der Waals surface area contributed by atoms with E-state index in [1.54, 1.807) is 19.2 Å². The summed E-state index contributed by atoms with van der Waals surface area (Å²) in [5, 5.41) is 35.3. The number of rotatable bonds is 6. The van der Waals surface area contributed by atoms with Crippen molar-refractivity contribution in [3.63, 3.8) is 0 Å². The molecule has 4 heterocycles. The number of hydrogen-bond acceptors (Lipinski definition) is 10. The van der Waals surface area contributed by atoms with Gasteiger partial charge in [0.05, 0.1) is 17.9 Å². The summed E-state index contributed by atoms with van der Waals surface area (Å²) in [6, 6.07) is 5.68. The van der Waals surface area contributed by atoms with E-state index >= 15 is 0 Å². The maximum absolute atomic E-state index is 9.95. The first kappa shape index (κ1) is 21.1. The van der Waals surface area contributed by atoms with Gasteiger partial charge in [-0.3, -0.25) is 0 Å². The molecule has 0 radical (unpaired) electrons. The number of aromatic nitrogens is 5. The number of fused-ring (bicyclic) bond motifs is 1. The van der Waals surface area contributed by atoms with Crippen molar-refractivity contribution < 1.29 is 10.2 Å². The van der Waals surface area contributed by atoms with Crippen molar-refractivity contribution in [2.75, 3.05) is 28.6 Å².